The molecule has 6 nitrogen and oxygen atoms in total. The number of benzene rings is 4. The average molecular weight is 554 g/mol. The molecule has 40 heavy (non-hydrogen) atoms. The first kappa shape index (κ1) is 27.6. The molecular weight excluding hydrogens is 518 g/mol. The van der Waals surface area contributed by atoms with Crippen LogP contribution in [0.4, 0.5) is 0 Å². The highest BCUT2D eigenvalue weighted by Gasteiger charge is 2.28. The second kappa shape index (κ2) is 12.5. The Balaban J connectivity index is 1.40. The molecule has 0 radical (unpaired) electrons. The zero-order valence-electron chi connectivity index (χ0n) is 22.8. The first-order chi connectivity index (χ1) is 19.5. The summed E-state index contributed by atoms with van der Waals surface area (Å²) in [6.07, 6.45) is 4.16. The molecule has 0 saturated heterocycles. The van der Waals surface area contributed by atoms with Gasteiger partial charge < -0.3 is 9.88 Å². The summed E-state index contributed by atoms with van der Waals surface area (Å²) in [5.41, 5.74) is 3.20. The number of fused-ring (bicyclic) bond motifs is 2. The molecule has 0 bridgehead atoms. The molecule has 1 heterocycles. The summed E-state index contributed by atoms with van der Waals surface area (Å²) in [5.74, 6) is -0.204. The number of aromatic nitrogens is 1. The number of carbonyl (C=O) groups is 1. The minimum Gasteiger partial charge on any atom is -0.361 e. The smallest absolute Gasteiger partial charge is 0.243 e. The summed E-state index contributed by atoms with van der Waals surface area (Å²) in [4.78, 5) is 19.1. The molecule has 0 unspecified atom stereocenters. The number of nitrogens with zero attached hydrogens (tertiary/aromatic N) is 2. The monoisotopic (exact) mass is 553 g/mol. The number of nitrogens with one attached hydrogen (secondary N) is 1. The van der Waals surface area contributed by atoms with Gasteiger partial charge in [-0.25, -0.2) is 8.42 Å². The second-order valence-corrected chi connectivity index (χ2v) is 12.0. The Morgan fingerprint density at radius 1 is 0.825 bits per heavy atom. The number of para-hydroxylation sites is 1. The van der Waals surface area contributed by atoms with E-state index in [1.807, 2.05) is 92.0 Å². The highest BCUT2D eigenvalue weighted by atomic mass is 32.2. The van der Waals surface area contributed by atoms with E-state index in [-0.39, 0.29) is 17.3 Å². The number of carbonyl (C=O) groups excluding carboxylic acids is 1. The molecule has 5 aromatic rings. The van der Waals surface area contributed by atoms with E-state index in [9.17, 15) is 13.2 Å². The van der Waals surface area contributed by atoms with Gasteiger partial charge in [0.2, 0.25) is 15.9 Å². The van der Waals surface area contributed by atoms with E-state index in [0.717, 1.165) is 39.2 Å². The fraction of sp³-hybridized carbons (Fsp3) is 0.242. The number of hydrogen-bond acceptors (Lipinski definition) is 3. The van der Waals surface area contributed by atoms with Crippen molar-refractivity contribution in [2.45, 2.75) is 37.6 Å². The summed E-state index contributed by atoms with van der Waals surface area (Å²) in [5, 5.41) is 2.97. The Kier molecular flexibility index (Phi) is 8.63. The zero-order valence-corrected chi connectivity index (χ0v) is 23.6. The topological polar surface area (TPSA) is 73.5 Å². The number of hydrogen-bond donors (Lipinski definition) is 1. The third-order valence-electron chi connectivity index (χ3n) is 7.33. The fourth-order valence-corrected chi connectivity index (χ4v) is 6.50. The molecule has 0 aliphatic rings. The summed E-state index contributed by atoms with van der Waals surface area (Å²) in [6, 6.07) is 30.8. The lowest BCUT2D eigenvalue weighted by molar-refractivity contribution is -0.132. The quantitative estimate of drug-likeness (QED) is 0.195. The zero-order chi connectivity index (χ0) is 28.0. The molecule has 0 aliphatic carbocycles. The highest BCUT2D eigenvalue weighted by Crippen LogP contribution is 2.23. The van der Waals surface area contributed by atoms with Gasteiger partial charge in [0, 0.05) is 36.7 Å². The predicted octanol–water partition coefficient (Wildman–Crippen LogP) is 6.38. The Morgan fingerprint density at radius 2 is 1.55 bits per heavy atom. The molecule has 0 atom stereocenters. The Morgan fingerprint density at radius 3 is 2.35 bits per heavy atom. The lowest BCUT2D eigenvalue weighted by Crippen LogP contribution is -2.43. The lowest BCUT2D eigenvalue weighted by Gasteiger charge is -2.27. The van der Waals surface area contributed by atoms with Crippen LogP contribution < -0.4 is 0 Å². The van der Waals surface area contributed by atoms with Gasteiger partial charge >= 0.3 is 0 Å². The van der Waals surface area contributed by atoms with Gasteiger partial charge in [-0.3, -0.25) is 4.79 Å². The van der Waals surface area contributed by atoms with Crippen LogP contribution in [0.25, 0.3) is 21.7 Å². The van der Waals surface area contributed by atoms with Crippen molar-refractivity contribution < 1.29 is 13.2 Å². The van der Waals surface area contributed by atoms with Gasteiger partial charge in [0.25, 0.3) is 0 Å². The fourth-order valence-electron chi connectivity index (χ4n) is 5.04. The third-order valence-corrected chi connectivity index (χ3v) is 9.17. The maximum atomic E-state index is 13.8. The Hall–Kier alpha value is -3.94. The van der Waals surface area contributed by atoms with Crippen molar-refractivity contribution in [3.63, 3.8) is 0 Å². The van der Waals surface area contributed by atoms with Gasteiger partial charge in [-0.05, 0) is 52.9 Å². The standard InChI is InChI=1S/C33H35N3O3S/c1-2-3-20-36(40(38,39)30-18-17-27-13-7-8-14-28(27)22-30)25-33(37)35(24-26-11-5-4-6-12-26)21-19-29-23-34-32-16-10-9-15-31(29)32/h4-18,22-23,34H,2-3,19-21,24-25H2,1H3. The van der Waals surface area contributed by atoms with Gasteiger partial charge in [0.05, 0.1) is 11.4 Å². The molecule has 0 saturated carbocycles. The first-order valence-corrected chi connectivity index (χ1v) is 15.3. The van der Waals surface area contributed by atoms with Crippen molar-refractivity contribution in [3.8, 4) is 0 Å². The molecule has 0 aliphatic heterocycles. The summed E-state index contributed by atoms with van der Waals surface area (Å²) in [7, 11) is -3.87. The molecule has 1 aromatic heterocycles. The molecule has 1 amide bonds. The van der Waals surface area contributed by atoms with Crippen molar-refractivity contribution in [1.82, 2.24) is 14.2 Å². The van der Waals surface area contributed by atoms with E-state index < -0.39 is 10.0 Å². The van der Waals surface area contributed by atoms with Crippen LogP contribution in [0.1, 0.15) is 30.9 Å². The van der Waals surface area contributed by atoms with Crippen LogP contribution in [0, 0.1) is 0 Å². The first-order valence-electron chi connectivity index (χ1n) is 13.8. The van der Waals surface area contributed by atoms with Crippen LogP contribution in [0.15, 0.2) is 108 Å². The number of aromatic amines is 1. The molecule has 4 aromatic carbocycles. The highest BCUT2D eigenvalue weighted by molar-refractivity contribution is 7.89. The van der Waals surface area contributed by atoms with Crippen molar-refractivity contribution >= 4 is 37.6 Å². The van der Waals surface area contributed by atoms with Gasteiger partial charge in [-0.1, -0.05) is 92.2 Å². The largest absolute Gasteiger partial charge is 0.361 e. The normalized spacial score (nSPS) is 11.8. The summed E-state index contributed by atoms with van der Waals surface area (Å²) in [6.45, 7) is 3.01. The number of unbranched alkanes of at least 4 members (excludes halogenated alkanes) is 1. The Labute approximate surface area is 236 Å². The number of H-pyrrole nitrogens is 1. The van der Waals surface area contributed by atoms with Crippen molar-refractivity contribution in [2.24, 2.45) is 0 Å². The van der Waals surface area contributed by atoms with Crippen LogP contribution in [0.2, 0.25) is 0 Å². The number of rotatable bonds is 12. The van der Waals surface area contributed by atoms with Gasteiger partial charge in [0.1, 0.15) is 0 Å². The molecule has 206 valence electrons. The van der Waals surface area contributed by atoms with Crippen LogP contribution in [-0.2, 0) is 27.8 Å². The van der Waals surface area contributed by atoms with Crippen LogP contribution >= 0.6 is 0 Å². The summed E-state index contributed by atoms with van der Waals surface area (Å²) < 4.78 is 29.0. The number of sulfonamides is 1. The van der Waals surface area contributed by atoms with E-state index >= 15 is 0 Å². The summed E-state index contributed by atoms with van der Waals surface area (Å²) >= 11 is 0. The molecule has 5 rings (SSSR count). The van der Waals surface area contributed by atoms with Crippen LogP contribution in [0.3, 0.4) is 0 Å². The van der Waals surface area contributed by atoms with Crippen LogP contribution in [0.5, 0.6) is 0 Å². The van der Waals surface area contributed by atoms with Gasteiger partial charge in [-0.15, -0.1) is 0 Å². The van der Waals surface area contributed by atoms with E-state index in [2.05, 4.69) is 11.1 Å². The molecular formula is C33H35N3O3S. The number of amides is 1. The minimum absolute atomic E-state index is 0.199. The van der Waals surface area contributed by atoms with Gasteiger partial charge in [0.15, 0.2) is 0 Å². The second-order valence-electron chi connectivity index (χ2n) is 10.1. The SMILES string of the molecule is CCCCN(CC(=O)N(CCc1c[nH]c2ccccc12)Cc1ccccc1)S(=O)(=O)c1ccc2ccccc2c1. The van der Waals surface area contributed by atoms with Gasteiger partial charge in [-0.2, -0.15) is 4.31 Å². The minimum atomic E-state index is -3.87. The van der Waals surface area contributed by atoms with E-state index in [0.29, 0.717) is 32.5 Å². The van der Waals surface area contributed by atoms with E-state index in [4.69, 9.17) is 0 Å². The van der Waals surface area contributed by atoms with E-state index in [1.54, 1.807) is 17.0 Å². The molecule has 1 N–H and O–H groups in total. The third kappa shape index (κ3) is 6.27. The average Bonchev–Trinajstić information content (AvgIpc) is 3.40. The predicted molar refractivity (Wildman–Crippen MR) is 161 cm³/mol. The molecule has 7 heteroatoms. The molecule has 0 spiro atoms. The van der Waals surface area contributed by atoms with E-state index in [1.165, 1.54) is 4.31 Å². The maximum absolute atomic E-state index is 13.8. The Bertz CT molecular complexity index is 1700. The lowest BCUT2D eigenvalue weighted by atomic mass is 10.1. The van der Waals surface area contributed by atoms with Crippen molar-refractivity contribution in [2.75, 3.05) is 19.6 Å². The van der Waals surface area contributed by atoms with Crippen molar-refractivity contribution in [3.05, 3.63) is 114 Å². The maximum Gasteiger partial charge on any atom is 0.243 e. The van der Waals surface area contributed by atoms with Crippen LogP contribution in [-0.4, -0.2) is 48.1 Å². The molecule has 0 fully saturated rings. The van der Waals surface area contributed by atoms with Crippen molar-refractivity contribution in [1.29, 1.82) is 0 Å².